The van der Waals surface area contributed by atoms with Crippen molar-refractivity contribution < 1.29 is 0 Å². The van der Waals surface area contributed by atoms with Gasteiger partial charge in [0.15, 0.2) is 0 Å². The average molecular weight is 204 g/mol. The van der Waals surface area contributed by atoms with E-state index >= 15 is 0 Å². The summed E-state index contributed by atoms with van der Waals surface area (Å²) in [4.78, 5) is 0. The molecule has 1 heterocycles. The predicted octanol–water partition coefficient (Wildman–Crippen LogP) is 2.87. The van der Waals surface area contributed by atoms with Gasteiger partial charge in [-0.3, -0.25) is 0 Å². The van der Waals surface area contributed by atoms with E-state index in [0.29, 0.717) is 11.8 Å². The lowest BCUT2D eigenvalue weighted by Crippen LogP contribution is -2.31. The van der Waals surface area contributed by atoms with Crippen LogP contribution in [0.4, 0.5) is 5.69 Å². The Hall–Kier alpha value is -1.02. The summed E-state index contributed by atoms with van der Waals surface area (Å²) in [5.41, 5.74) is 10.2. The van der Waals surface area contributed by atoms with E-state index in [9.17, 15) is 0 Å². The molecule has 2 nitrogen and oxygen atoms in total. The second-order valence-corrected chi connectivity index (χ2v) is 4.85. The Bertz CT molecular complexity index is 358. The third-order valence-corrected chi connectivity index (χ3v) is 3.32. The SMILES string of the molecule is CC(C)c1cccc2c1NCC(C)C2N. The fourth-order valence-corrected chi connectivity index (χ4v) is 2.25. The minimum absolute atomic E-state index is 0.181. The zero-order valence-electron chi connectivity index (χ0n) is 9.75. The van der Waals surface area contributed by atoms with E-state index in [1.807, 2.05) is 0 Å². The van der Waals surface area contributed by atoms with Crippen LogP contribution in [0.1, 0.15) is 43.9 Å². The zero-order chi connectivity index (χ0) is 11.0. The molecule has 3 N–H and O–H groups in total. The van der Waals surface area contributed by atoms with Gasteiger partial charge in [0.2, 0.25) is 0 Å². The fourth-order valence-electron chi connectivity index (χ4n) is 2.25. The summed E-state index contributed by atoms with van der Waals surface area (Å²) < 4.78 is 0. The van der Waals surface area contributed by atoms with E-state index in [0.717, 1.165) is 6.54 Å². The number of rotatable bonds is 1. The first kappa shape index (κ1) is 10.5. The first-order valence-corrected chi connectivity index (χ1v) is 5.73. The molecule has 0 radical (unpaired) electrons. The molecule has 2 atom stereocenters. The molecule has 82 valence electrons. The Morgan fingerprint density at radius 3 is 2.80 bits per heavy atom. The van der Waals surface area contributed by atoms with Crippen molar-refractivity contribution in [2.24, 2.45) is 11.7 Å². The smallest absolute Gasteiger partial charge is 0.0424 e. The quantitative estimate of drug-likeness (QED) is 0.738. The summed E-state index contributed by atoms with van der Waals surface area (Å²) in [6.45, 7) is 7.63. The van der Waals surface area contributed by atoms with Crippen LogP contribution in [0.3, 0.4) is 0 Å². The molecule has 0 aliphatic carbocycles. The van der Waals surface area contributed by atoms with Gasteiger partial charge in [0, 0.05) is 18.3 Å². The van der Waals surface area contributed by atoms with E-state index in [2.05, 4.69) is 44.3 Å². The number of para-hydroxylation sites is 1. The van der Waals surface area contributed by atoms with Crippen LogP contribution in [0.25, 0.3) is 0 Å². The molecule has 15 heavy (non-hydrogen) atoms. The highest BCUT2D eigenvalue weighted by Gasteiger charge is 2.24. The van der Waals surface area contributed by atoms with E-state index in [4.69, 9.17) is 5.73 Å². The molecule has 2 unspecified atom stereocenters. The first-order valence-electron chi connectivity index (χ1n) is 5.73. The second kappa shape index (κ2) is 3.86. The molecule has 1 aliphatic heterocycles. The van der Waals surface area contributed by atoms with Crippen molar-refractivity contribution in [1.82, 2.24) is 0 Å². The highest BCUT2D eigenvalue weighted by molar-refractivity contribution is 5.61. The van der Waals surface area contributed by atoms with Gasteiger partial charge in [-0.15, -0.1) is 0 Å². The molecular weight excluding hydrogens is 184 g/mol. The minimum atomic E-state index is 0.181. The second-order valence-electron chi connectivity index (χ2n) is 4.85. The van der Waals surface area contributed by atoms with Crippen LogP contribution in [-0.4, -0.2) is 6.54 Å². The standard InChI is InChI=1S/C13H20N2/c1-8(2)10-5-4-6-11-12(14)9(3)7-15-13(10)11/h4-6,8-9,12,15H,7,14H2,1-3H3. The Balaban J connectivity index is 2.48. The predicted molar refractivity (Wildman–Crippen MR) is 65.1 cm³/mol. The number of hydrogen-bond donors (Lipinski definition) is 2. The molecule has 0 saturated heterocycles. The largest absolute Gasteiger partial charge is 0.384 e. The van der Waals surface area contributed by atoms with Gasteiger partial charge in [0.05, 0.1) is 0 Å². The molecule has 1 aromatic carbocycles. The molecule has 1 aliphatic rings. The molecule has 0 bridgehead atoms. The van der Waals surface area contributed by atoms with E-state index in [-0.39, 0.29) is 6.04 Å². The zero-order valence-corrected chi connectivity index (χ0v) is 9.75. The normalized spacial score (nSPS) is 24.9. The van der Waals surface area contributed by atoms with Gasteiger partial charge in [-0.1, -0.05) is 39.0 Å². The summed E-state index contributed by atoms with van der Waals surface area (Å²) in [7, 11) is 0. The molecule has 1 aromatic rings. The molecule has 0 spiro atoms. The number of nitrogens with two attached hydrogens (primary N) is 1. The maximum atomic E-state index is 6.22. The summed E-state index contributed by atoms with van der Waals surface area (Å²) in [5.74, 6) is 1.06. The van der Waals surface area contributed by atoms with Crippen LogP contribution in [0.5, 0.6) is 0 Å². The number of nitrogens with one attached hydrogen (secondary N) is 1. The van der Waals surface area contributed by atoms with Gasteiger partial charge < -0.3 is 11.1 Å². The van der Waals surface area contributed by atoms with Crippen LogP contribution in [0.15, 0.2) is 18.2 Å². The van der Waals surface area contributed by atoms with Gasteiger partial charge >= 0.3 is 0 Å². The molecule has 2 rings (SSSR count). The average Bonchev–Trinajstić information content (AvgIpc) is 2.23. The molecular formula is C13H20N2. The van der Waals surface area contributed by atoms with Crippen molar-refractivity contribution in [3.8, 4) is 0 Å². The molecule has 0 amide bonds. The highest BCUT2D eigenvalue weighted by atomic mass is 14.9. The number of anilines is 1. The van der Waals surface area contributed by atoms with Gasteiger partial charge in [-0.05, 0) is 23.0 Å². The van der Waals surface area contributed by atoms with Crippen LogP contribution in [0, 0.1) is 5.92 Å². The first-order chi connectivity index (χ1) is 7.11. The molecule has 0 fully saturated rings. The lowest BCUT2D eigenvalue weighted by Gasteiger charge is -2.32. The Morgan fingerprint density at radius 1 is 1.40 bits per heavy atom. The summed E-state index contributed by atoms with van der Waals surface area (Å²) >= 11 is 0. The van der Waals surface area contributed by atoms with Gasteiger partial charge in [0.1, 0.15) is 0 Å². The van der Waals surface area contributed by atoms with Crippen molar-refractivity contribution in [3.63, 3.8) is 0 Å². The van der Waals surface area contributed by atoms with Gasteiger partial charge in [0.25, 0.3) is 0 Å². The lowest BCUT2D eigenvalue weighted by molar-refractivity contribution is 0.478. The Morgan fingerprint density at radius 2 is 2.13 bits per heavy atom. The van der Waals surface area contributed by atoms with Crippen molar-refractivity contribution in [2.45, 2.75) is 32.7 Å². The highest BCUT2D eigenvalue weighted by Crippen LogP contribution is 2.36. The Kier molecular flexibility index (Phi) is 2.70. The van der Waals surface area contributed by atoms with Crippen molar-refractivity contribution in [1.29, 1.82) is 0 Å². The maximum absolute atomic E-state index is 6.22. The fraction of sp³-hybridized carbons (Fsp3) is 0.538. The third kappa shape index (κ3) is 1.74. The topological polar surface area (TPSA) is 38.0 Å². The molecule has 2 heteroatoms. The minimum Gasteiger partial charge on any atom is -0.384 e. The van der Waals surface area contributed by atoms with Gasteiger partial charge in [-0.25, -0.2) is 0 Å². The molecule has 0 saturated carbocycles. The lowest BCUT2D eigenvalue weighted by atomic mass is 9.86. The van der Waals surface area contributed by atoms with Crippen LogP contribution < -0.4 is 11.1 Å². The van der Waals surface area contributed by atoms with Crippen LogP contribution in [0.2, 0.25) is 0 Å². The van der Waals surface area contributed by atoms with Crippen molar-refractivity contribution in [3.05, 3.63) is 29.3 Å². The van der Waals surface area contributed by atoms with Crippen LogP contribution >= 0.6 is 0 Å². The van der Waals surface area contributed by atoms with E-state index in [1.165, 1.54) is 16.8 Å². The summed E-state index contributed by atoms with van der Waals surface area (Å²) in [5, 5.41) is 3.51. The third-order valence-electron chi connectivity index (χ3n) is 3.32. The summed E-state index contributed by atoms with van der Waals surface area (Å²) in [6.07, 6.45) is 0. The van der Waals surface area contributed by atoms with E-state index < -0.39 is 0 Å². The summed E-state index contributed by atoms with van der Waals surface area (Å²) in [6, 6.07) is 6.64. The van der Waals surface area contributed by atoms with E-state index in [1.54, 1.807) is 0 Å². The van der Waals surface area contributed by atoms with Crippen molar-refractivity contribution in [2.75, 3.05) is 11.9 Å². The Labute approximate surface area is 91.9 Å². The monoisotopic (exact) mass is 204 g/mol. The number of hydrogen-bond acceptors (Lipinski definition) is 2. The van der Waals surface area contributed by atoms with Crippen molar-refractivity contribution >= 4 is 5.69 Å². The van der Waals surface area contributed by atoms with Crippen LogP contribution in [-0.2, 0) is 0 Å². The van der Waals surface area contributed by atoms with Gasteiger partial charge in [-0.2, -0.15) is 0 Å². The number of fused-ring (bicyclic) bond motifs is 1. The molecule has 0 aromatic heterocycles. The maximum Gasteiger partial charge on any atom is 0.0424 e. The number of benzene rings is 1.